The average molecular weight is 435 g/mol. The van der Waals surface area contributed by atoms with E-state index >= 15 is 0 Å². The van der Waals surface area contributed by atoms with Gasteiger partial charge in [0.25, 0.3) is 0 Å². The third kappa shape index (κ3) is 5.78. The number of fused-ring (bicyclic) bond motifs is 1. The van der Waals surface area contributed by atoms with Gasteiger partial charge >= 0.3 is 6.09 Å². The van der Waals surface area contributed by atoms with E-state index in [0.29, 0.717) is 13.1 Å². The minimum Gasteiger partial charge on any atom is -0.444 e. The van der Waals surface area contributed by atoms with Crippen LogP contribution in [0.1, 0.15) is 58.6 Å². The second-order valence-corrected chi connectivity index (χ2v) is 9.23. The highest BCUT2D eigenvalue weighted by atomic mass is 16.6. The van der Waals surface area contributed by atoms with Crippen molar-refractivity contribution in [2.45, 2.75) is 53.1 Å². The zero-order valence-electron chi connectivity index (χ0n) is 19.8. The molecule has 5 nitrogen and oxygen atoms in total. The number of benzene rings is 1. The molecule has 2 amide bonds. The molecular formula is C27H34N2O3. The smallest absolute Gasteiger partial charge is 0.408 e. The molecule has 0 unspecified atom stereocenters. The van der Waals surface area contributed by atoms with Gasteiger partial charge in [-0.05, 0) is 75.3 Å². The molecule has 3 rings (SSSR count). The topological polar surface area (TPSA) is 58.6 Å². The van der Waals surface area contributed by atoms with Gasteiger partial charge in [0.15, 0.2) is 0 Å². The number of piperidine rings is 1. The van der Waals surface area contributed by atoms with E-state index in [0.717, 1.165) is 12.8 Å². The summed E-state index contributed by atoms with van der Waals surface area (Å²) < 4.78 is 5.22. The Hall–Kier alpha value is -3.08. The summed E-state index contributed by atoms with van der Waals surface area (Å²) in [5.41, 5.74) is 7.03. The van der Waals surface area contributed by atoms with Gasteiger partial charge in [-0.3, -0.25) is 4.79 Å². The molecular weight excluding hydrogens is 400 g/mol. The van der Waals surface area contributed by atoms with E-state index in [9.17, 15) is 9.59 Å². The highest BCUT2D eigenvalue weighted by Crippen LogP contribution is 2.38. The van der Waals surface area contributed by atoms with Crippen molar-refractivity contribution in [1.29, 1.82) is 0 Å². The van der Waals surface area contributed by atoms with Crippen LogP contribution in [0.2, 0.25) is 0 Å². The number of likely N-dealkylation sites (tertiary alicyclic amines) is 1. The van der Waals surface area contributed by atoms with Crippen molar-refractivity contribution in [3.63, 3.8) is 0 Å². The first kappa shape index (κ1) is 23.6. The minimum atomic E-state index is -0.584. The summed E-state index contributed by atoms with van der Waals surface area (Å²) in [5.74, 6) is -0.0803. The Bertz CT molecular complexity index is 996. The van der Waals surface area contributed by atoms with Crippen LogP contribution < -0.4 is 5.32 Å². The van der Waals surface area contributed by atoms with Crippen molar-refractivity contribution < 1.29 is 14.3 Å². The molecule has 1 aromatic carbocycles. The fraction of sp³-hybridized carbons (Fsp3) is 0.407. The maximum absolute atomic E-state index is 12.6. The fourth-order valence-electron chi connectivity index (χ4n) is 4.13. The summed E-state index contributed by atoms with van der Waals surface area (Å²) in [4.78, 5) is 26.3. The van der Waals surface area contributed by atoms with Crippen molar-refractivity contribution in [3.05, 3.63) is 70.3 Å². The molecule has 1 aromatic rings. The molecule has 5 heteroatoms. The number of hydrogen-bond donors (Lipinski definition) is 1. The molecule has 170 valence electrons. The predicted octanol–water partition coefficient (Wildman–Crippen LogP) is 5.51. The Morgan fingerprint density at radius 3 is 2.47 bits per heavy atom. The number of nitrogens with one attached hydrogen (secondary N) is 1. The summed E-state index contributed by atoms with van der Waals surface area (Å²) in [6, 6.07) is 8.49. The van der Waals surface area contributed by atoms with Crippen LogP contribution in [0.4, 0.5) is 4.79 Å². The van der Waals surface area contributed by atoms with E-state index in [4.69, 9.17) is 4.74 Å². The van der Waals surface area contributed by atoms with Gasteiger partial charge in [-0.2, -0.15) is 0 Å². The highest BCUT2D eigenvalue weighted by Gasteiger charge is 2.25. The van der Waals surface area contributed by atoms with E-state index in [1.165, 1.54) is 33.4 Å². The molecule has 1 N–H and O–H groups in total. The third-order valence-corrected chi connectivity index (χ3v) is 5.63. The van der Waals surface area contributed by atoms with Crippen molar-refractivity contribution in [3.8, 4) is 0 Å². The predicted molar refractivity (Wildman–Crippen MR) is 130 cm³/mol. The van der Waals surface area contributed by atoms with Gasteiger partial charge in [-0.15, -0.1) is 0 Å². The molecule has 1 heterocycles. The number of carbonyl (C=O) groups excluding carboxylic acids is 2. The first-order valence-corrected chi connectivity index (χ1v) is 11.3. The molecule has 0 bridgehead atoms. The largest absolute Gasteiger partial charge is 0.444 e. The molecule has 1 fully saturated rings. The number of hydrogen-bond acceptors (Lipinski definition) is 3. The van der Waals surface area contributed by atoms with E-state index in [2.05, 4.69) is 60.8 Å². The van der Waals surface area contributed by atoms with Crippen molar-refractivity contribution >= 4 is 23.6 Å². The summed E-state index contributed by atoms with van der Waals surface area (Å²) >= 11 is 0. The Kier molecular flexibility index (Phi) is 7.39. The number of allylic oxidation sites excluding steroid dienone is 6. The van der Waals surface area contributed by atoms with Crippen LogP contribution in [0.3, 0.4) is 0 Å². The lowest BCUT2D eigenvalue weighted by molar-refractivity contribution is -0.130. The lowest BCUT2D eigenvalue weighted by Gasteiger charge is -2.31. The average Bonchev–Trinajstić information content (AvgIpc) is 2.88. The molecule has 1 aliphatic carbocycles. The van der Waals surface area contributed by atoms with Gasteiger partial charge < -0.3 is 15.0 Å². The third-order valence-electron chi connectivity index (χ3n) is 5.63. The van der Waals surface area contributed by atoms with E-state index in [-0.39, 0.29) is 12.5 Å². The zero-order valence-corrected chi connectivity index (χ0v) is 19.8. The van der Waals surface area contributed by atoms with E-state index in [1.807, 2.05) is 11.8 Å². The standard InChI is InChI=1S/C27H34N2O3/c1-6-9-22-19(2)12-13-20-10-7-8-11-23(20)25(22)21-14-16-29(17-15-21)24(30)18-28-26(31)32-27(3,4)5/h6-13H,14-18H2,1-5H3,(H,28,31)/b9-6-. The molecule has 32 heavy (non-hydrogen) atoms. The molecule has 2 aliphatic rings. The van der Waals surface area contributed by atoms with Crippen molar-refractivity contribution in [2.24, 2.45) is 0 Å². The number of amides is 2. The SMILES string of the molecule is C/C=C\C1=C(C)C=Cc2ccccc2C1=C1CCN(C(=O)CNC(=O)OC(C)(C)C)CC1. The minimum absolute atomic E-state index is 0.0452. The summed E-state index contributed by atoms with van der Waals surface area (Å²) in [5, 5.41) is 2.57. The highest BCUT2D eigenvalue weighted by molar-refractivity contribution is 5.91. The number of carbonyl (C=O) groups is 2. The fourth-order valence-corrected chi connectivity index (χ4v) is 4.13. The summed E-state index contributed by atoms with van der Waals surface area (Å²) in [7, 11) is 0. The molecule has 0 spiro atoms. The van der Waals surface area contributed by atoms with Gasteiger partial charge in [0.1, 0.15) is 12.1 Å². The molecule has 0 radical (unpaired) electrons. The second kappa shape index (κ2) is 10.0. The molecule has 1 aliphatic heterocycles. The molecule has 1 saturated heterocycles. The van der Waals surface area contributed by atoms with Gasteiger partial charge in [0.05, 0.1) is 0 Å². The Morgan fingerprint density at radius 1 is 1.12 bits per heavy atom. The monoisotopic (exact) mass is 434 g/mol. The first-order chi connectivity index (χ1) is 15.2. The van der Waals surface area contributed by atoms with Gasteiger partial charge in [-0.25, -0.2) is 4.79 Å². The Morgan fingerprint density at radius 2 is 1.81 bits per heavy atom. The normalized spacial score (nSPS) is 16.8. The molecule has 0 atom stereocenters. The van der Waals surface area contributed by atoms with Crippen LogP contribution in [0.15, 0.2) is 59.2 Å². The van der Waals surface area contributed by atoms with Gasteiger partial charge in [0.2, 0.25) is 5.91 Å². The number of nitrogens with zero attached hydrogens (tertiary/aromatic N) is 1. The summed E-state index contributed by atoms with van der Waals surface area (Å²) in [6.07, 6.45) is 9.71. The number of alkyl carbamates (subject to hydrolysis) is 1. The maximum atomic E-state index is 12.6. The van der Waals surface area contributed by atoms with E-state index < -0.39 is 11.7 Å². The van der Waals surface area contributed by atoms with Gasteiger partial charge in [0, 0.05) is 13.1 Å². The lowest BCUT2D eigenvalue weighted by Crippen LogP contribution is -2.44. The lowest BCUT2D eigenvalue weighted by atomic mass is 9.85. The van der Waals surface area contributed by atoms with Crippen LogP contribution in [-0.4, -0.2) is 42.1 Å². The number of ether oxygens (including phenoxy) is 1. The Labute approximate surface area is 191 Å². The van der Waals surface area contributed by atoms with Crippen LogP contribution in [0.5, 0.6) is 0 Å². The van der Waals surface area contributed by atoms with Crippen molar-refractivity contribution in [2.75, 3.05) is 19.6 Å². The van der Waals surface area contributed by atoms with Crippen LogP contribution in [-0.2, 0) is 9.53 Å². The van der Waals surface area contributed by atoms with E-state index in [1.54, 1.807) is 20.8 Å². The summed E-state index contributed by atoms with van der Waals surface area (Å²) in [6.45, 7) is 10.8. The van der Waals surface area contributed by atoms with Gasteiger partial charge in [-0.1, -0.05) is 54.1 Å². The zero-order chi connectivity index (χ0) is 23.3. The molecule has 0 saturated carbocycles. The second-order valence-electron chi connectivity index (χ2n) is 9.23. The first-order valence-electron chi connectivity index (χ1n) is 11.3. The quantitative estimate of drug-likeness (QED) is 0.683. The maximum Gasteiger partial charge on any atom is 0.408 e. The van der Waals surface area contributed by atoms with Crippen LogP contribution >= 0.6 is 0 Å². The number of rotatable bonds is 3. The van der Waals surface area contributed by atoms with Crippen molar-refractivity contribution in [1.82, 2.24) is 10.2 Å². The van der Waals surface area contributed by atoms with Crippen LogP contribution in [0.25, 0.3) is 11.6 Å². The van der Waals surface area contributed by atoms with Crippen LogP contribution in [0, 0.1) is 0 Å². The Balaban J connectivity index is 1.76. The molecule has 0 aromatic heterocycles.